The van der Waals surface area contributed by atoms with Gasteiger partial charge in [0, 0.05) is 41.5 Å². The van der Waals surface area contributed by atoms with E-state index in [0.29, 0.717) is 4.47 Å². The van der Waals surface area contributed by atoms with Crippen LogP contribution in [0.15, 0.2) is 80.6 Å². The number of aromatic nitrogens is 3. The number of hydrogen-bond donors (Lipinski definition) is 1. The Bertz CT molecular complexity index is 1510. The molecule has 0 aliphatic heterocycles. The molecule has 3 rings (SSSR count). The zero-order chi connectivity index (χ0) is 27.6. The summed E-state index contributed by atoms with van der Waals surface area (Å²) in [6, 6.07) is 4.88. The molecule has 0 amide bonds. The third kappa shape index (κ3) is 10.3. The molecule has 0 saturated carbocycles. The lowest BCUT2D eigenvalue weighted by Gasteiger charge is -1.97. The Hall–Kier alpha value is -2.36. The minimum Gasteiger partial charge on any atom is -0.282 e. The van der Waals surface area contributed by atoms with Gasteiger partial charge in [-0.05, 0) is 34.1 Å². The maximum atomic E-state index is 11.0. The van der Waals surface area contributed by atoms with E-state index in [-0.39, 0.29) is 9.79 Å². The topological polar surface area (TPSA) is 223 Å². The van der Waals surface area contributed by atoms with Crippen molar-refractivity contribution in [2.45, 2.75) is 14.7 Å². The van der Waals surface area contributed by atoms with Crippen molar-refractivity contribution in [2.24, 2.45) is 0 Å². The predicted octanol–water partition coefficient (Wildman–Crippen LogP) is 2.88. The van der Waals surface area contributed by atoms with E-state index in [1.807, 2.05) is 0 Å². The van der Waals surface area contributed by atoms with Gasteiger partial charge >= 0.3 is 20.2 Å². The lowest BCUT2D eigenvalue weighted by molar-refractivity contribution is -0.385. The summed E-state index contributed by atoms with van der Waals surface area (Å²) in [6.07, 6.45) is 6.90. The summed E-state index contributed by atoms with van der Waals surface area (Å²) in [7, 11) is -12.1. The maximum Gasteiger partial charge on any atom is 0.314 e. The third-order valence-corrected chi connectivity index (χ3v) is 7.46. The average molecular weight is 670 g/mol. The second-order valence-electron chi connectivity index (χ2n) is 5.67. The molecule has 0 radical (unpaired) electrons. The predicted molar refractivity (Wildman–Crippen MR) is 125 cm³/mol. The first-order chi connectivity index (χ1) is 16.6. The molecule has 0 aliphatic carbocycles. The summed E-state index contributed by atoms with van der Waals surface area (Å²) in [5.41, 5.74) is -0.459. The molecule has 1 N–H and O–H groups in total. The van der Waals surface area contributed by atoms with Crippen LogP contribution in [0.4, 0.5) is 5.69 Å². The molecule has 36 heavy (non-hydrogen) atoms. The molecule has 0 aliphatic rings. The Kier molecular flexibility index (Phi) is 12.2. The minimum atomic E-state index is -4.16. The van der Waals surface area contributed by atoms with Crippen LogP contribution in [-0.2, 0) is 37.8 Å². The van der Waals surface area contributed by atoms with E-state index >= 15 is 0 Å². The second kappa shape index (κ2) is 13.8. The Labute approximate surface area is 222 Å². The summed E-state index contributed by atoms with van der Waals surface area (Å²) < 4.78 is 80.9. The van der Waals surface area contributed by atoms with Gasteiger partial charge in [0.05, 0.1) is 28.7 Å². The van der Waals surface area contributed by atoms with Gasteiger partial charge in [0.25, 0.3) is 15.8 Å². The molecule has 3 aromatic heterocycles. The van der Waals surface area contributed by atoms with Crippen LogP contribution >= 0.6 is 39.7 Å². The first-order valence-corrected chi connectivity index (χ1v) is 14.0. The largest absolute Gasteiger partial charge is 0.314 e. The van der Waals surface area contributed by atoms with Crippen molar-refractivity contribution in [3.05, 3.63) is 76.0 Å². The van der Waals surface area contributed by atoms with Crippen LogP contribution in [0.25, 0.3) is 0 Å². The van der Waals surface area contributed by atoms with Gasteiger partial charge in [-0.2, -0.15) is 32.7 Å². The molecule has 0 spiro atoms. The first-order valence-electron chi connectivity index (χ1n) is 8.32. The van der Waals surface area contributed by atoms with E-state index < -0.39 is 45.9 Å². The molecule has 0 fully saturated rings. The molecule has 3 heterocycles. The van der Waals surface area contributed by atoms with Crippen molar-refractivity contribution in [2.75, 3.05) is 0 Å². The summed E-state index contributed by atoms with van der Waals surface area (Å²) >= 11 is 12.4. The van der Waals surface area contributed by atoms with Crippen molar-refractivity contribution in [3.63, 3.8) is 0 Å². The maximum absolute atomic E-state index is 11.0. The third-order valence-electron chi connectivity index (χ3n) is 3.26. The first kappa shape index (κ1) is 31.7. The highest BCUT2D eigenvalue weighted by atomic mass is 79.9. The van der Waals surface area contributed by atoms with Crippen LogP contribution in [0.3, 0.4) is 0 Å². The molecular weight excluding hydrogens is 659 g/mol. The Morgan fingerprint density at radius 3 is 1.81 bits per heavy atom. The number of halogens is 3. The van der Waals surface area contributed by atoms with Gasteiger partial charge in [0.15, 0.2) is 0 Å². The normalized spacial score (nSPS) is 11.3. The molecule has 0 unspecified atom stereocenters. The van der Waals surface area contributed by atoms with Gasteiger partial charge in [0.1, 0.15) is 20.9 Å². The highest BCUT2D eigenvalue weighted by Crippen LogP contribution is 2.18. The fourth-order valence-electron chi connectivity index (χ4n) is 1.75. The van der Waals surface area contributed by atoms with Crippen molar-refractivity contribution in [1.29, 1.82) is 0 Å². The van der Waals surface area contributed by atoms with Crippen LogP contribution in [0, 0.1) is 10.1 Å². The number of nitrogens with zero attached hydrogens (tertiary/aromatic N) is 4. The Balaban J connectivity index is 0.000000273. The van der Waals surface area contributed by atoms with Crippen LogP contribution in [0.2, 0.25) is 0 Å². The van der Waals surface area contributed by atoms with E-state index in [0.717, 1.165) is 30.9 Å². The lowest BCUT2D eigenvalue weighted by atomic mass is 10.4. The smallest absolute Gasteiger partial charge is 0.282 e. The van der Waals surface area contributed by atoms with Crippen molar-refractivity contribution >= 4 is 75.7 Å². The fraction of sp³-hybridized carbons (Fsp3) is 0. The molecule has 0 saturated heterocycles. The van der Waals surface area contributed by atoms with Crippen LogP contribution in [0.5, 0.6) is 0 Å². The Morgan fingerprint density at radius 1 is 0.833 bits per heavy atom. The zero-order valence-corrected chi connectivity index (χ0v) is 22.5. The van der Waals surface area contributed by atoms with E-state index in [2.05, 4.69) is 50.2 Å². The van der Waals surface area contributed by atoms with Crippen LogP contribution in [0.1, 0.15) is 0 Å². The van der Waals surface area contributed by atoms with Crippen LogP contribution < -0.4 is 0 Å². The van der Waals surface area contributed by atoms with Gasteiger partial charge in [-0.3, -0.25) is 29.6 Å². The Morgan fingerprint density at radius 2 is 1.36 bits per heavy atom. The lowest BCUT2D eigenvalue weighted by Crippen LogP contribution is -2.01. The van der Waals surface area contributed by atoms with E-state index in [1.54, 1.807) is 0 Å². The molecule has 196 valence electrons. The van der Waals surface area contributed by atoms with Crippen LogP contribution in [-0.4, -0.2) is 49.7 Å². The standard InChI is InChI=1S/C5H4BrNO3S.C5H3ClN2O5S.C5H4ClNO3S/c6-4-1-5(3-7-2-4)11(8,9)10;6-13-14(11,12)5-1-4(8(9)10)2-7-3-5;6-10-11(8,9)5-2-1-3-7-4-5/h1-3H,(H,8,9,10);1-3H;1-4H. The highest BCUT2D eigenvalue weighted by Gasteiger charge is 2.18. The second-order valence-corrected chi connectivity index (χ2v) is 11.8. The molecule has 15 nitrogen and oxygen atoms in total. The summed E-state index contributed by atoms with van der Waals surface area (Å²) in [5, 5.41) is 10.3. The summed E-state index contributed by atoms with van der Waals surface area (Å²) in [6.45, 7) is 0. The van der Waals surface area contributed by atoms with Gasteiger partial charge < -0.3 is 0 Å². The highest BCUT2D eigenvalue weighted by molar-refractivity contribution is 9.10. The van der Waals surface area contributed by atoms with Crippen molar-refractivity contribution in [3.8, 4) is 0 Å². The van der Waals surface area contributed by atoms with Gasteiger partial charge in [-0.25, -0.2) is 0 Å². The van der Waals surface area contributed by atoms with Gasteiger partial charge in [-0.1, -0.05) is 0 Å². The monoisotopic (exact) mass is 668 g/mol. The number of hydrogen-bond acceptors (Lipinski definition) is 13. The SMILES string of the molecule is O=S(=O)(O)c1cncc(Br)c1.O=S(=O)(OCl)c1cccnc1.O=[N+]([O-])c1cncc(S(=O)(=O)OCl)c1. The molecular formula is C15H11BrCl2N4O11S3. The van der Waals surface area contributed by atoms with Crippen molar-refractivity contribution in [1.82, 2.24) is 15.0 Å². The van der Waals surface area contributed by atoms with Gasteiger partial charge in [-0.15, -0.1) is 0 Å². The quantitative estimate of drug-likeness (QED) is 0.226. The van der Waals surface area contributed by atoms with E-state index in [4.69, 9.17) is 16.4 Å². The molecule has 0 bridgehead atoms. The fourth-order valence-corrected chi connectivity index (χ4v) is 4.20. The number of nitro groups is 1. The zero-order valence-electron chi connectivity index (χ0n) is 17.0. The average Bonchev–Trinajstić information content (AvgIpc) is 2.85. The summed E-state index contributed by atoms with van der Waals surface area (Å²) in [4.78, 5) is 19.2. The molecule has 3 aromatic rings. The molecule has 21 heteroatoms. The summed E-state index contributed by atoms with van der Waals surface area (Å²) in [5.74, 6) is 0. The number of pyridine rings is 3. The molecule has 0 atom stereocenters. The van der Waals surface area contributed by atoms with Crippen molar-refractivity contribution < 1.29 is 42.2 Å². The van der Waals surface area contributed by atoms with E-state index in [9.17, 15) is 35.4 Å². The minimum absolute atomic E-state index is 0.0602. The van der Waals surface area contributed by atoms with E-state index in [1.165, 1.54) is 30.6 Å². The van der Waals surface area contributed by atoms with Gasteiger partial charge in [0.2, 0.25) is 0 Å². The molecule has 0 aromatic carbocycles. The number of rotatable bonds is 6.